The number of halogens is 1. The molecule has 1 atom stereocenters. The molecule has 2 aromatic rings. The van der Waals surface area contributed by atoms with Gasteiger partial charge in [0.1, 0.15) is 5.82 Å². The molecule has 0 aromatic heterocycles. The maximum atomic E-state index is 13.6. The van der Waals surface area contributed by atoms with Crippen molar-refractivity contribution in [2.24, 2.45) is 0 Å². The molecule has 30 heavy (non-hydrogen) atoms. The van der Waals surface area contributed by atoms with Crippen LogP contribution < -0.4 is 15.5 Å². The lowest BCUT2D eigenvalue weighted by atomic mass is 10.1. The normalized spacial score (nSPS) is 19.0. The lowest BCUT2D eigenvalue weighted by molar-refractivity contribution is -0.110. The number of rotatable bonds is 5. The van der Waals surface area contributed by atoms with E-state index < -0.39 is 0 Å². The van der Waals surface area contributed by atoms with Gasteiger partial charge in [0.25, 0.3) is 5.91 Å². The second kappa shape index (κ2) is 8.48. The van der Waals surface area contributed by atoms with E-state index in [1.165, 1.54) is 29.8 Å². The van der Waals surface area contributed by atoms with Crippen molar-refractivity contribution in [3.63, 3.8) is 0 Å². The SMILES string of the molecule is CCC(C)N1CCN(c2ccc(NC=C3C(=O)Nc4ccc(F)cc43)cc2C)CC1. The molecule has 2 N–H and O–H groups in total. The zero-order valence-electron chi connectivity index (χ0n) is 17.8. The van der Waals surface area contributed by atoms with Crippen LogP contribution in [0.3, 0.4) is 0 Å². The molecule has 158 valence electrons. The number of hydrogen-bond acceptors (Lipinski definition) is 4. The van der Waals surface area contributed by atoms with E-state index in [-0.39, 0.29) is 11.7 Å². The largest absolute Gasteiger partial charge is 0.369 e. The Kier molecular flexibility index (Phi) is 5.77. The summed E-state index contributed by atoms with van der Waals surface area (Å²) in [4.78, 5) is 17.2. The van der Waals surface area contributed by atoms with Gasteiger partial charge in [-0.05, 0) is 62.2 Å². The highest BCUT2D eigenvalue weighted by molar-refractivity contribution is 6.31. The summed E-state index contributed by atoms with van der Waals surface area (Å²) in [6.45, 7) is 10.9. The van der Waals surface area contributed by atoms with Crippen LogP contribution in [-0.4, -0.2) is 43.0 Å². The first-order valence-corrected chi connectivity index (χ1v) is 10.6. The molecule has 0 saturated carbocycles. The number of fused-ring (bicyclic) bond motifs is 1. The van der Waals surface area contributed by atoms with Gasteiger partial charge in [0.2, 0.25) is 0 Å². The molecule has 2 heterocycles. The van der Waals surface area contributed by atoms with E-state index in [0.717, 1.165) is 31.9 Å². The van der Waals surface area contributed by atoms with Gasteiger partial charge in [-0.15, -0.1) is 0 Å². The van der Waals surface area contributed by atoms with Crippen molar-refractivity contribution in [1.29, 1.82) is 0 Å². The van der Waals surface area contributed by atoms with Gasteiger partial charge in [-0.25, -0.2) is 4.39 Å². The van der Waals surface area contributed by atoms with Crippen molar-refractivity contribution in [2.45, 2.75) is 33.2 Å². The van der Waals surface area contributed by atoms with Gasteiger partial charge in [-0.1, -0.05) is 6.92 Å². The number of amides is 1. The average molecular weight is 409 g/mol. The third kappa shape index (κ3) is 4.05. The first kappa shape index (κ1) is 20.4. The average Bonchev–Trinajstić information content (AvgIpc) is 3.06. The Labute approximate surface area is 177 Å². The monoisotopic (exact) mass is 408 g/mol. The first-order valence-electron chi connectivity index (χ1n) is 10.6. The molecule has 1 saturated heterocycles. The Morgan fingerprint density at radius 1 is 1.17 bits per heavy atom. The van der Waals surface area contributed by atoms with E-state index >= 15 is 0 Å². The number of anilines is 3. The molecule has 0 bridgehead atoms. The Morgan fingerprint density at radius 2 is 1.93 bits per heavy atom. The number of carbonyl (C=O) groups is 1. The van der Waals surface area contributed by atoms with Crippen LogP contribution in [0.2, 0.25) is 0 Å². The topological polar surface area (TPSA) is 47.6 Å². The van der Waals surface area contributed by atoms with E-state index in [9.17, 15) is 9.18 Å². The molecule has 2 aliphatic heterocycles. The summed E-state index contributed by atoms with van der Waals surface area (Å²) >= 11 is 0. The van der Waals surface area contributed by atoms with Crippen LogP contribution in [0.4, 0.5) is 21.5 Å². The molecule has 1 amide bonds. The molecule has 5 nitrogen and oxygen atoms in total. The second-order valence-corrected chi connectivity index (χ2v) is 8.13. The van der Waals surface area contributed by atoms with Crippen LogP contribution in [0.5, 0.6) is 0 Å². The quantitative estimate of drug-likeness (QED) is 0.717. The molecular weight excluding hydrogens is 379 g/mol. The highest BCUT2D eigenvalue weighted by Gasteiger charge is 2.25. The number of hydrogen-bond donors (Lipinski definition) is 2. The second-order valence-electron chi connectivity index (χ2n) is 8.13. The van der Waals surface area contributed by atoms with Crippen LogP contribution in [0.25, 0.3) is 5.57 Å². The predicted molar refractivity (Wildman–Crippen MR) is 121 cm³/mol. The third-order valence-electron chi connectivity index (χ3n) is 6.21. The van der Waals surface area contributed by atoms with Crippen LogP contribution >= 0.6 is 0 Å². The highest BCUT2D eigenvalue weighted by atomic mass is 19.1. The Morgan fingerprint density at radius 3 is 2.63 bits per heavy atom. The van der Waals surface area contributed by atoms with Crippen LogP contribution in [0.15, 0.2) is 42.6 Å². The smallest absolute Gasteiger partial charge is 0.257 e. The number of piperazine rings is 1. The van der Waals surface area contributed by atoms with Gasteiger partial charge in [0.15, 0.2) is 0 Å². The summed E-state index contributed by atoms with van der Waals surface area (Å²) in [5.74, 6) is -0.583. The van der Waals surface area contributed by atoms with Crippen molar-refractivity contribution < 1.29 is 9.18 Å². The summed E-state index contributed by atoms with van der Waals surface area (Å²) < 4.78 is 13.6. The fourth-order valence-electron chi connectivity index (χ4n) is 4.22. The van der Waals surface area contributed by atoms with Gasteiger partial charge in [-0.2, -0.15) is 0 Å². The molecular formula is C24H29FN4O. The van der Waals surface area contributed by atoms with Crippen molar-refractivity contribution in [2.75, 3.05) is 41.7 Å². The minimum Gasteiger partial charge on any atom is -0.369 e. The fourth-order valence-corrected chi connectivity index (χ4v) is 4.22. The summed E-state index contributed by atoms with van der Waals surface area (Å²) in [7, 11) is 0. The van der Waals surface area contributed by atoms with Crippen LogP contribution in [0, 0.1) is 12.7 Å². The standard InChI is InChI=1S/C24H29FN4O/c1-4-17(3)28-9-11-29(12-10-28)23-8-6-19(13-16(23)2)26-15-21-20-14-18(25)5-7-22(20)27-24(21)30/h5-8,13-15,17,26H,4,9-12H2,1-3H3,(H,27,30). The van der Waals surface area contributed by atoms with Gasteiger partial charge in [0, 0.05) is 61.0 Å². The third-order valence-corrected chi connectivity index (χ3v) is 6.21. The van der Waals surface area contributed by atoms with E-state index in [0.29, 0.717) is 22.9 Å². The molecule has 1 fully saturated rings. The van der Waals surface area contributed by atoms with Gasteiger partial charge < -0.3 is 15.5 Å². The van der Waals surface area contributed by atoms with Crippen molar-refractivity contribution >= 4 is 28.5 Å². The number of carbonyl (C=O) groups excluding carboxylic acids is 1. The molecule has 0 radical (unpaired) electrons. The fraction of sp³-hybridized carbons (Fsp3) is 0.375. The summed E-state index contributed by atoms with van der Waals surface area (Å²) in [5, 5.41) is 5.97. The lowest BCUT2D eigenvalue weighted by Crippen LogP contribution is -2.49. The first-order chi connectivity index (χ1) is 14.5. The van der Waals surface area contributed by atoms with Crippen molar-refractivity contribution in [1.82, 2.24) is 4.90 Å². The zero-order valence-corrected chi connectivity index (χ0v) is 17.8. The minimum absolute atomic E-state index is 0.226. The Bertz CT molecular complexity index is 979. The lowest BCUT2D eigenvalue weighted by Gasteiger charge is -2.39. The van der Waals surface area contributed by atoms with Crippen LogP contribution in [0.1, 0.15) is 31.4 Å². The summed E-state index contributed by atoms with van der Waals surface area (Å²) in [6, 6.07) is 11.2. The predicted octanol–water partition coefficient (Wildman–Crippen LogP) is 4.46. The van der Waals surface area contributed by atoms with Gasteiger partial charge in [-0.3, -0.25) is 9.69 Å². The molecule has 4 rings (SSSR count). The number of aryl methyl sites for hydroxylation is 1. The Balaban J connectivity index is 1.45. The highest BCUT2D eigenvalue weighted by Crippen LogP contribution is 2.32. The molecule has 6 heteroatoms. The van der Waals surface area contributed by atoms with Crippen molar-refractivity contribution in [3.8, 4) is 0 Å². The van der Waals surface area contributed by atoms with Crippen LogP contribution in [-0.2, 0) is 4.79 Å². The summed E-state index contributed by atoms with van der Waals surface area (Å²) in [5.41, 5.74) is 5.00. The van der Waals surface area contributed by atoms with E-state index in [1.807, 2.05) is 6.07 Å². The number of benzene rings is 2. The molecule has 0 aliphatic carbocycles. The molecule has 1 unspecified atom stereocenters. The molecule has 2 aliphatic rings. The van der Waals surface area contributed by atoms with Gasteiger partial charge >= 0.3 is 0 Å². The Hall–Kier alpha value is -2.86. The summed E-state index contributed by atoms with van der Waals surface area (Å²) in [6.07, 6.45) is 2.84. The van der Waals surface area contributed by atoms with E-state index in [4.69, 9.17) is 0 Å². The zero-order chi connectivity index (χ0) is 21.3. The number of nitrogens with zero attached hydrogens (tertiary/aromatic N) is 2. The van der Waals surface area contributed by atoms with Crippen molar-refractivity contribution in [3.05, 3.63) is 59.5 Å². The number of nitrogens with one attached hydrogen (secondary N) is 2. The van der Waals surface area contributed by atoms with E-state index in [1.54, 1.807) is 12.3 Å². The van der Waals surface area contributed by atoms with Gasteiger partial charge in [0.05, 0.1) is 5.57 Å². The maximum Gasteiger partial charge on any atom is 0.257 e. The molecule has 2 aromatic carbocycles. The van der Waals surface area contributed by atoms with E-state index in [2.05, 4.69) is 53.3 Å². The minimum atomic E-state index is -0.357. The molecule has 0 spiro atoms. The maximum absolute atomic E-state index is 13.6.